The minimum absolute atomic E-state index is 0.122. The Bertz CT molecular complexity index is 920. The Hall–Kier alpha value is -3.18. The summed E-state index contributed by atoms with van der Waals surface area (Å²) in [5.74, 6) is 1.42. The summed E-state index contributed by atoms with van der Waals surface area (Å²) in [5, 5.41) is 2.93. The molecule has 1 atom stereocenters. The first kappa shape index (κ1) is 18.2. The van der Waals surface area contributed by atoms with Gasteiger partial charge < -0.3 is 14.8 Å². The average molecular weight is 374 g/mol. The van der Waals surface area contributed by atoms with Crippen molar-refractivity contribution in [2.75, 3.05) is 13.2 Å². The van der Waals surface area contributed by atoms with E-state index in [1.54, 1.807) is 12.4 Å². The molecule has 1 aliphatic rings. The van der Waals surface area contributed by atoms with Crippen molar-refractivity contribution >= 4 is 5.91 Å². The number of amides is 1. The van der Waals surface area contributed by atoms with Gasteiger partial charge in [0, 0.05) is 31.1 Å². The molecule has 1 amide bonds. The smallest absolute Gasteiger partial charge is 0.252 e. The molecule has 1 fully saturated rings. The number of carbonyl (C=O) groups is 1. The Morgan fingerprint density at radius 1 is 1.04 bits per heavy atom. The van der Waals surface area contributed by atoms with Crippen molar-refractivity contribution in [2.45, 2.75) is 18.9 Å². The second-order valence-corrected chi connectivity index (χ2v) is 6.75. The van der Waals surface area contributed by atoms with Crippen molar-refractivity contribution in [1.82, 2.24) is 10.3 Å². The van der Waals surface area contributed by atoms with Crippen molar-refractivity contribution in [2.24, 2.45) is 0 Å². The maximum Gasteiger partial charge on any atom is 0.252 e. The number of rotatable bonds is 6. The Balaban J connectivity index is 1.42. The van der Waals surface area contributed by atoms with Crippen LogP contribution >= 0.6 is 0 Å². The molecule has 1 N–H and O–H groups in total. The number of para-hydroxylation sites is 1. The van der Waals surface area contributed by atoms with E-state index in [9.17, 15) is 4.79 Å². The van der Waals surface area contributed by atoms with Gasteiger partial charge in [0.1, 0.15) is 11.5 Å². The quantitative estimate of drug-likeness (QED) is 0.692. The lowest BCUT2D eigenvalue weighted by molar-refractivity contribution is 0.0857. The van der Waals surface area contributed by atoms with Crippen molar-refractivity contribution in [3.63, 3.8) is 0 Å². The van der Waals surface area contributed by atoms with Gasteiger partial charge in [0.05, 0.1) is 11.7 Å². The number of pyridine rings is 1. The van der Waals surface area contributed by atoms with Crippen LogP contribution in [0.5, 0.6) is 11.5 Å². The van der Waals surface area contributed by atoms with Gasteiger partial charge >= 0.3 is 0 Å². The second-order valence-electron chi connectivity index (χ2n) is 6.75. The van der Waals surface area contributed by atoms with E-state index in [2.05, 4.69) is 10.3 Å². The van der Waals surface area contributed by atoms with E-state index < -0.39 is 0 Å². The number of aromatic nitrogens is 1. The molecule has 0 aliphatic carbocycles. The van der Waals surface area contributed by atoms with Crippen LogP contribution in [0.15, 0.2) is 73.1 Å². The highest BCUT2D eigenvalue weighted by molar-refractivity contribution is 5.95. The molecule has 28 heavy (non-hydrogen) atoms. The predicted octanol–water partition coefficient (Wildman–Crippen LogP) is 4.45. The zero-order valence-electron chi connectivity index (χ0n) is 15.5. The van der Waals surface area contributed by atoms with Crippen molar-refractivity contribution in [1.29, 1.82) is 0 Å². The fraction of sp³-hybridized carbons (Fsp3) is 0.217. The molecular formula is C23H22N2O3. The van der Waals surface area contributed by atoms with Crippen LogP contribution < -0.4 is 10.1 Å². The van der Waals surface area contributed by atoms with Crippen LogP contribution in [0.2, 0.25) is 0 Å². The van der Waals surface area contributed by atoms with Gasteiger partial charge in [0.2, 0.25) is 0 Å². The number of carbonyl (C=O) groups excluding carboxylic acids is 1. The number of benzene rings is 2. The molecule has 142 valence electrons. The number of nitrogens with zero attached hydrogens (tertiary/aromatic N) is 1. The molecule has 3 aromatic rings. The molecule has 5 heteroatoms. The van der Waals surface area contributed by atoms with Crippen LogP contribution in [0.3, 0.4) is 0 Å². The van der Waals surface area contributed by atoms with Crippen molar-refractivity contribution in [3.8, 4) is 22.6 Å². The van der Waals surface area contributed by atoms with Crippen LogP contribution in [-0.4, -0.2) is 30.1 Å². The molecular weight excluding hydrogens is 352 g/mol. The predicted molar refractivity (Wildman–Crippen MR) is 107 cm³/mol. The monoisotopic (exact) mass is 374 g/mol. The van der Waals surface area contributed by atoms with Crippen molar-refractivity contribution < 1.29 is 14.3 Å². The first-order valence-electron chi connectivity index (χ1n) is 9.46. The van der Waals surface area contributed by atoms with E-state index in [0.29, 0.717) is 12.1 Å². The number of hydrogen-bond donors (Lipinski definition) is 1. The van der Waals surface area contributed by atoms with Gasteiger partial charge in [-0.05, 0) is 48.7 Å². The molecule has 0 spiro atoms. The minimum atomic E-state index is -0.131. The van der Waals surface area contributed by atoms with Crippen LogP contribution in [0, 0.1) is 0 Å². The van der Waals surface area contributed by atoms with Gasteiger partial charge in [0.15, 0.2) is 0 Å². The molecule has 5 nitrogen and oxygen atoms in total. The number of hydrogen-bond acceptors (Lipinski definition) is 4. The van der Waals surface area contributed by atoms with Gasteiger partial charge in [-0.1, -0.05) is 30.3 Å². The highest BCUT2D eigenvalue weighted by Crippen LogP contribution is 2.25. The van der Waals surface area contributed by atoms with E-state index >= 15 is 0 Å². The Kier molecular flexibility index (Phi) is 5.64. The largest absolute Gasteiger partial charge is 0.457 e. The Morgan fingerprint density at radius 2 is 1.82 bits per heavy atom. The first-order valence-corrected chi connectivity index (χ1v) is 9.46. The summed E-state index contributed by atoms with van der Waals surface area (Å²) < 4.78 is 11.4. The topological polar surface area (TPSA) is 60.5 Å². The fourth-order valence-corrected chi connectivity index (χ4v) is 3.18. The normalized spacial score (nSPS) is 15.9. The summed E-state index contributed by atoms with van der Waals surface area (Å²) in [6, 6.07) is 19.2. The van der Waals surface area contributed by atoms with E-state index in [4.69, 9.17) is 9.47 Å². The standard InChI is InChI=1S/C23H22N2O3/c26-23(25-16-22-7-4-12-27-22)19-13-18(14-24-15-19)17-8-10-21(11-9-17)28-20-5-2-1-3-6-20/h1-3,5-6,8-11,13-15,22H,4,7,12,16H2,(H,25,26)/t22-/m0/s1. The van der Waals surface area contributed by atoms with E-state index in [0.717, 1.165) is 42.1 Å². The Labute approximate surface area is 164 Å². The van der Waals surface area contributed by atoms with Gasteiger partial charge in [-0.15, -0.1) is 0 Å². The molecule has 0 saturated carbocycles. The molecule has 1 saturated heterocycles. The van der Waals surface area contributed by atoms with Crippen LogP contribution in [0.25, 0.3) is 11.1 Å². The summed E-state index contributed by atoms with van der Waals surface area (Å²) in [6.07, 6.45) is 5.51. The zero-order chi connectivity index (χ0) is 19.2. The summed E-state index contributed by atoms with van der Waals surface area (Å²) in [7, 11) is 0. The lowest BCUT2D eigenvalue weighted by Crippen LogP contribution is -2.31. The number of ether oxygens (including phenoxy) is 2. The zero-order valence-corrected chi connectivity index (χ0v) is 15.5. The first-order chi connectivity index (χ1) is 13.8. The Morgan fingerprint density at radius 3 is 2.57 bits per heavy atom. The van der Waals surface area contributed by atoms with E-state index in [1.165, 1.54) is 0 Å². The van der Waals surface area contributed by atoms with E-state index in [1.807, 2.05) is 60.7 Å². The summed E-state index contributed by atoms with van der Waals surface area (Å²) >= 11 is 0. The average Bonchev–Trinajstić information content (AvgIpc) is 3.27. The third kappa shape index (κ3) is 4.56. The summed E-state index contributed by atoms with van der Waals surface area (Å²) in [5.41, 5.74) is 2.40. The fourth-order valence-electron chi connectivity index (χ4n) is 3.18. The summed E-state index contributed by atoms with van der Waals surface area (Å²) in [4.78, 5) is 16.6. The molecule has 2 aromatic carbocycles. The molecule has 2 heterocycles. The molecule has 0 radical (unpaired) electrons. The van der Waals surface area contributed by atoms with Gasteiger partial charge in [-0.3, -0.25) is 9.78 Å². The van der Waals surface area contributed by atoms with E-state index in [-0.39, 0.29) is 12.0 Å². The third-order valence-electron chi connectivity index (χ3n) is 4.68. The highest BCUT2D eigenvalue weighted by atomic mass is 16.5. The van der Waals surface area contributed by atoms with Gasteiger partial charge in [-0.2, -0.15) is 0 Å². The summed E-state index contributed by atoms with van der Waals surface area (Å²) in [6.45, 7) is 1.32. The maximum absolute atomic E-state index is 12.4. The van der Waals surface area contributed by atoms with Gasteiger partial charge in [0.25, 0.3) is 5.91 Å². The lowest BCUT2D eigenvalue weighted by atomic mass is 10.1. The maximum atomic E-state index is 12.4. The molecule has 0 unspecified atom stereocenters. The molecule has 0 bridgehead atoms. The minimum Gasteiger partial charge on any atom is -0.457 e. The lowest BCUT2D eigenvalue weighted by Gasteiger charge is -2.11. The highest BCUT2D eigenvalue weighted by Gasteiger charge is 2.17. The van der Waals surface area contributed by atoms with Crippen LogP contribution in [0.1, 0.15) is 23.2 Å². The van der Waals surface area contributed by atoms with Gasteiger partial charge in [-0.25, -0.2) is 0 Å². The SMILES string of the molecule is O=C(NC[C@@H]1CCCO1)c1cncc(-c2ccc(Oc3ccccc3)cc2)c1. The second kappa shape index (κ2) is 8.67. The van der Waals surface area contributed by atoms with Crippen LogP contribution in [0.4, 0.5) is 0 Å². The molecule has 1 aromatic heterocycles. The molecule has 1 aliphatic heterocycles. The number of nitrogens with one attached hydrogen (secondary N) is 1. The molecule has 4 rings (SSSR count). The van der Waals surface area contributed by atoms with Crippen LogP contribution in [-0.2, 0) is 4.74 Å². The third-order valence-corrected chi connectivity index (χ3v) is 4.68. The van der Waals surface area contributed by atoms with Crippen molar-refractivity contribution in [3.05, 3.63) is 78.6 Å².